The molecule has 0 unspecified atom stereocenters. The zero-order chi connectivity index (χ0) is 11.8. The molecular weight excluding hydrogens is 206 g/mol. The van der Waals surface area contributed by atoms with E-state index in [0.29, 0.717) is 13.1 Å². The molecule has 1 aliphatic carbocycles. The highest BCUT2D eigenvalue weighted by Crippen LogP contribution is 2.34. The monoisotopic (exact) mass is 225 g/mol. The van der Waals surface area contributed by atoms with Crippen LogP contribution in [-0.4, -0.2) is 41.4 Å². The third kappa shape index (κ3) is 2.35. The molecule has 0 aromatic rings. The lowest BCUT2D eigenvalue weighted by Gasteiger charge is -2.33. The minimum Gasteiger partial charge on any atom is -0.353 e. The molecule has 2 amide bonds. The molecule has 3 N–H and O–H groups in total. The van der Waals surface area contributed by atoms with Gasteiger partial charge in [-0.2, -0.15) is 0 Å². The molecule has 1 heterocycles. The quantitative estimate of drug-likeness (QED) is 0.671. The Balaban J connectivity index is 1.81. The average Bonchev–Trinajstić information content (AvgIpc) is 2.97. The summed E-state index contributed by atoms with van der Waals surface area (Å²) >= 11 is 0. The Morgan fingerprint density at radius 2 is 1.88 bits per heavy atom. The van der Waals surface area contributed by atoms with Crippen LogP contribution in [0.2, 0.25) is 0 Å². The minimum atomic E-state index is -0.555. The molecule has 1 saturated heterocycles. The van der Waals surface area contributed by atoms with Gasteiger partial charge in [0, 0.05) is 26.1 Å². The largest absolute Gasteiger partial charge is 0.353 e. The van der Waals surface area contributed by atoms with Gasteiger partial charge in [0.25, 0.3) is 0 Å². The van der Waals surface area contributed by atoms with Crippen LogP contribution in [0, 0.1) is 0 Å². The summed E-state index contributed by atoms with van der Waals surface area (Å²) in [6.07, 6.45) is 3.30. The van der Waals surface area contributed by atoms with E-state index in [1.807, 2.05) is 4.90 Å². The van der Waals surface area contributed by atoms with Crippen LogP contribution in [0.25, 0.3) is 0 Å². The van der Waals surface area contributed by atoms with Gasteiger partial charge in [-0.05, 0) is 25.7 Å². The van der Waals surface area contributed by atoms with Gasteiger partial charge in [-0.3, -0.25) is 9.59 Å². The van der Waals surface area contributed by atoms with Gasteiger partial charge in [0.1, 0.15) is 0 Å². The van der Waals surface area contributed by atoms with Gasteiger partial charge in [-0.1, -0.05) is 0 Å². The van der Waals surface area contributed by atoms with E-state index in [9.17, 15) is 9.59 Å². The van der Waals surface area contributed by atoms with E-state index in [2.05, 4.69) is 5.32 Å². The van der Waals surface area contributed by atoms with Crippen LogP contribution >= 0.6 is 0 Å². The molecule has 0 aromatic heterocycles. The van der Waals surface area contributed by atoms with Crippen molar-refractivity contribution in [3.63, 3.8) is 0 Å². The summed E-state index contributed by atoms with van der Waals surface area (Å²) in [7, 11) is 0. The predicted molar refractivity (Wildman–Crippen MR) is 59.6 cm³/mol. The molecule has 16 heavy (non-hydrogen) atoms. The van der Waals surface area contributed by atoms with E-state index in [0.717, 1.165) is 25.7 Å². The Morgan fingerprint density at radius 3 is 2.31 bits per heavy atom. The fraction of sp³-hybridized carbons (Fsp3) is 0.818. The van der Waals surface area contributed by atoms with Gasteiger partial charge in [0.15, 0.2) is 0 Å². The molecule has 5 heteroatoms. The first kappa shape index (κ1) is 11.4. The van der Waals surface area contributed by atoms with Gasteiger partial charge in [0.05, 0.1) is 5.54 Å². The number of carbonyl (C=O) groups is 2. The SMILES string of the molecule is CC(=O)NC1CCN(C(=O)C2(N)CC2)CC1. The molecule has 2 fully saturated rings. The van der Waals surface area contributed by atoms with E-state index in [-0.39, 0.29) is 17.9 Å². The molecule has 2 rings (SSSR count). The summed E-state index contributed by atoms with van der Waals surface area (Å²) in [6.45, 7) is 2.95. The van der Waals surface area contributed by atoms with Crippen LogP contribution in [0.3, 0.4) is 0 Å². The van der Waals surface area contributed by atoms with Crippen LogP contribution in [0.15, 0.2) is 0 Å². The lowest BCUT2D eigenvalue weighted by Crippen LogP contribution is -2.51. The molecule has 1 saturated carbocycles. The van der Waals surface area contributed by atoms with E-state index < -0.39 is 5.54 Å². The van der Waals surface area contributed by atoms with Gasteiger partial charge < -0.3 is 16.0 Å². The van der Waals surface area contributed by atoms with Crippen LogP contribution in [0.1, 0.15) is 32.6 Å². The van der Waals surface area contributed by atoms with Crippen molar-refractivity contribution >= 4 is 11.8 Å². The Kier molecular flexibility index (Phi) is 2.88. The first-order chi connectivity index (χ1) is 7.51. The number of carbonyl (C=O) groups excluding carboxylic acids is 2. The third-order valence-corrected chi connectivity index (χ3v) is 3.40. The first-order valence-corrected chi connectivity index (χ1v) is 5.87. The highest BCUT2D eigenvalue weighted by Gasteiger charge is 2.48. The van der Waals surface area contributed by atoms with Crippen molar-refractivity contribution in [3.05, 3.63) is 0 Å². The number of amides is 2. The van der Waals surface area contributed by atoms with Gasteiger partial charge in [-0.15, -0.1) is 0 Å². The molecule has 0 aromatic carbocycles. The lowest BCUT2D eigenvalue weighted by molar-refractivity contribution is -0.134. The second kappa shape index (κ2) is 4.05. The van der Waals surface area contributed by atoms with Crippen molar-refractivity contribution < 1.29 is 9.59 Å². The fourth-order valence-corrected chi connectivity index (χ4v) is 2.18. The van der Waals surface area contributed by atoms with Crippen molar-refractivity contribution in [2.45, 2.75) is 44.2 Å². The zero-order valence-electron chi connectivity index (χ0n) is 9.66. The maximum atomic E-state index is 11.9. The van der Waals surface area contributed by atoms with Gasteiger partial charge in [0.2, 0.25) is 11.8 Å². The Hall–Kier alpha value is -1.10. The van der Waals surface area contributed by atoms with E-state index in [1.54, 1.807) is 0 Å². The van der Waals surface area contributed by atoms with Crippen LogP contribution < -0.4 is 11.1 Å². The summed E-state index contributed by atoms with van der Waals surface area (Å²) in [4.78, 5) is 24.6. The number of piperidine rings is 1. The van der Waals surface area contributed by atoms with Crippen LogP contribution in [0.5, 0.6) is 0 Å². The fourth-order valence-electron chi connectivity index (χ4n) is 2.18. The zero-order valence-corrected chi connectivity index (χ0v) is 9.66. The van der Waals surface area contributed by atoms with E-state index in [4.69, 9.17) is 5.73 Å². The first-order valence-electron chi connectivity index (χ1n) is 5.87. The van der Waals surface area contributed by atoms with Crippen molar-refractivity contribution in [1.29, 1.82) is 0 Å². The summed E-state index contributed by atoms with van der Waals surface area (Å²) in [6, 6.07) is 0.217. The van der Waals surface area contributed by atoms with Gasteiger partial charge in [-0.25, -0.2) is 0 Å². The number of nitrogens with zero attached hydrogens (tertiary/aromatic N) is 1. The molecule has 2 aliphatic rings. The Morgan fingerprint density at radius 1 is 1.31 bits per heavy atom. The molecular formula is C11H19N3O2. The summed E-state index contributed by atoms with van der Waals surface area (Å²) in [5.41, 5.74) is 5.32. The number of nitrogens with one attached hydrogen (secondary N) is 1. The molecule has 0 spiro atoms. The van der Waals surface area contributed by atoms with E-state index >= 15 is 0 Å². The highest BCUT2D eigenvalue weighted by atomic mass is 16.2. The standard InChI is InChI=1S/C11H19N3O2/c1-8(15)13-9-2-6-14(7-3-9)10(16)11(12)4-5-11/h9H,2-7,12H2,1H3,(H,13,15). The second-order valence-electron chi connectivity index (χ2n) is 4.92. The number of hydrogen-bond acceptors (Lipinski definition) is 3. The van der Waals surface area contributed by atoms with Crippen LogP contribution in [0.4, 0.5) is 0 Å². The molecule has 90 valence electrons. The molecule has 0 atom stereocenters. The predicted octanol–water partition coefficient (Wildman–Crippen LogP) is -0.395. The third-order valence-electron chi connectivity index (χ3n) is 3.40. The van der Waals surface area contributed by atoms with Crippen LogP contribution in [-0.2, 0) is 9.59 Å². The Bertz CT molecular complexity index is 304. The molecule has 1 aliphatic heterocycles. The maximum Gasteiger partial charge on any atom is 0.242 e. The topological polar surface area (TPSA) is 75.4 Å². The average molecular weight is 225 g/mol. The smallest absolute Gasteiger partial charge is 0.242 e. The maximum absolute atomic E-state index is 11.9. The molecule has 0 radical (unpaired) electrons. The summed E-state index contributed by atoms with van der Waals surface area (Å²) in [5.74, 6) is 0.0936. The van der Waals surface area contributed by atoms with Gasteiger partial charge >= 0.3 is 0 Å². The molecule has 0 bridgehead atoms. The summed E-state index contributed by atoms with van der Waals surface area (Å²) in [5, 5.41) is 2.89. The number of rotatable bonds is 2. The number of nitrogens with two attached hydrogens (primary N) is 1. The van der Waals surface area contributed by atoms with Crippen molar-refractivity contribution in [1.82, 2.24) is 10.2 Å². The van der Waals surface area contributed by atoms with E-state index in [1.165, 1.54) is 6.92 Å². The molecule has 5 nitrogen and oxygen atoms in total. The van der Waals surface area contributed by atoms with Crippen molar-refractivity contribution in [2.24, 2.45) is 5.73 Å². The lowest BCUT2D eigenvalue weighted by atomic mass is 10.0. The van der Waals surface area contributed by atoms with Crippen molar-refractivity contribution in [3.8, 4) is 0 Å². The minimum absolute atomic E-state index is 0.00210. The summed E-state index contributed by atoms with van der Waals surface area (Å²) < 4.78 is 0. The normalized spacial score (nSPS) is 24.0. The highest BCUT2D eigenvalue weighted by molar-refractivity contribution is 5.89. The van der Waals surface area contributed by atoms with Crippen molar-refractivity contribution in [2.75, 3.05) is 13.1 Å². The Labute approximate surface area is 95.3 Å². The number of likely N-dealkylation sites (tertiary alicyclic amines) is 1. The second-order valence-corrected chi connectivity index (χ2v) is 4.92. The number of hydrogen-bond donors (Lipinski definition) is 2.